The number of aromatic nitrogens is 3. The number of benzene rings is 1. The molecule has 2 atom stereocenters. The van der Waals surface area contributed by atoms with E-state index in [2.05, 4.69) is 27.4 Å². The van der Waals surface area contributed by atoms with Gasteiger partial charge in [0.15, 0.2) is 5.82 Å². The van der Waals surface area contributed by atoms with Gasteiger partial charge in [-0.25, -0.2) is 4.98 Å². The second-order valence-electron chi connectivity index (χ2n) is 6.42. The molecule has 134 valence electrons. The highest BCUT2D eigenvalue weighted by atomic mass is 32.2. The fourth-order valence-electron chi connectivity index (χ4n) is 3.10. The zero-order valence-electron chi connectivity index (χ0n) is 14.6. The number of carbonyl (C=O) groups is 1. The normalized spacial score (nSPS) is 20.2. The van der Waals surface area contributed by atoms with Crippen LogP contribution >= 0.6 is 11.8 Å². The van der Waals surface area contributed by atoms with E-state index in [4.69, 9.17) is 4.74 Å². The number of ether oxygens (including phenoxy) is 1. The minimum Gasteiger partial charge on any atom is -0.497 e. The molecule has 0 spiro atoms. The summed E-state index contributed by atoms with van der Waals surface area (Å²) in [6.45, 7) is 2.22. The summed E-state index contributed by atoms with van der Waals surface area (Å²) in [5.41, 5.74) is 0.931. The van der Waals surface area contributed by atoms with E-state index in [1.54, 1.807) is 7.11 Å². The highest BCUT2D eigenvalue weighted by Gasteiger charge is 2.22. The topological polar surface area (TPSA) is 79.9 Å². The molecule has 1 aromatic heterocycles. The second kappa shape index (κ2) is 8.38. The van der Waals surface area contributed by atoms with E-state index in [-0.39, 0.29) is 5.91 Å². The first kappa shape index (κ1) is 17.8. The summed E-state index contributed by atoms with van der Waals surface area (Å²) in [4.78, 5) is 16.6. The van der Waals surface area contributed by atoms with Gasteiger partial charge >= 0.3 is 0 Å². The second-order valence-corrected chi connectivity index (χ2v) is 7.36. The van der Waals surface area contributed by atoms with Crippen LogP contribution in [0.25, 0.3) is 11.4 Å². The lowest BCUT2D eigenvalue weighted by atomic mass is 9.86. The first-order chi connectivity index (χ1) is 12.2. The van der Waals surface area contributed by atoms with Crippen LogP contribution in [-0.4, -0.2) is 40.0 Å². The Morgan fingerprint density at radius 1 is 1.32 bits per heavy atom. The van der Waals surface area contributed by atoms with Crippen LogP contribution in [0.2, 0.25) is 0 Å². The molecule has 1 aliphatic rings. The van der Waals surface area contributed by atoms with E-state index in [1.165, 1.54) is 31.0 Å². The summed E-state index contributed by atoms with van der Waals surface area (Å²) in [5, 5.41) is 10.8. The monoisotopic (exact) mass is 360 g/mol. The van der Waals surface area contributed by atoms with Crippen molar-refractivity contribution < 1.29 is 9.53 Å². The van der Waals surface area contributed by atoms with Crippen molar-refractivity contribution >= 4 is 17.7 Å². The molecule has 0 saturated heterocycles. The maximum atomic E-state index is 12.2. The molecule has 1 heterocycles. The van der Waals surface area contributed by atoms with Crippen molar-refractivity contribution in [2.45, 2.75) is 43.8 Å². The van der Waals surface area contributed by atoms with Crippen LogP contribution in [0, 0.1) is 5.92 Å². The molecule has 3 rings (SSSR count). The van der Waals surface area contributed by atoms with Gasteiger partial charge in [-0.15, -0.1) is 5.10 Å². The van der Waals surface area contributed by atoms with E-state index >= 15 is 0 Å². The molecule has 1 amide bonds. The van der Waals surface area contributed by atoms with Gasteiger partial charge in [-0.05, 0) is 43.0 Å². The molecule has 0 radical (unpaired) electrons. The third-order valence-electron chi connectivity index (χ3n) is 4.62. The third kappa shape index (κ3) is 4.75. The molecule has 0 bridgehead atoms. The summed E-state index contributed by atoms with van der Waals surface area (Å²) < 4.78 is 5.15. The fraction of sp³-hybridized carbons (Fsp3) is 0.500. The Labute approximate surface area is 152 Å². The van der Waals surface area contributed by atoms with Crippen LogP contribution in [0.5, 0.6) is 5.75 Å². The number of aromatic amines is 1. The Balaban J connectivity index is 1.51. The molecule has 0 aliphatic heterocycles. The Morgan fingerprint density at radius 2 is 2.08 bits per heavy atom. The molecule has 2 aromatic rings. The van der Waals surface area contributed by atoms with Crippen molar-refractivity contribution in [1.82, 2.24) is 20.5 Å². The maximum Gasteiger partial charge on any atom is 0.230 e. The average molecular weight is 360 g/mol. The number of carbonyl (C=O) groups excluding carboxylic acids is 1. The molecule has 25 heavy (non-hydrogen) atoms. The fourth-order valence-corrected chi connectivity index (χ4v) is 3.71. The number of amides is 1. The minimum absolute atomic E-state index is 0.0551. The largest absolute Gasteiger partial charge is 0.497 e. The zero-order chi connectivity index (χ0) is 17.6. The molecule has 2 N–H and O–H groups in total. The van der Waals surface area contributed by atoms with Crippen molar-refractivity contribution in [2.75, 3.05) is 12.9 Å². The number of hydrogen-bond donors (Lipinski definition) is 2. The molecule has 6 nitrogen and oxygen atoms in total. The summed E-state index contributed by atoms with van der Waals surface area (Å²) in [6.07, 6.45) is 4.76. The number of nitrogens with zero attached hydrogens (tertiary/aromatic N) is 2. The van der Waals surface area contributed by atoms with Crippen molar-refractivity contribution in [2.24, 2.45) is 5.92 Å². The van der Waals surface area contributed by atoms with Gasteiger partial charge in [0.05, 0.1) is 12.9 Å². The van der Waals surface area contributed by atoms with Gasteiger partial charge in [-0.1, -0.05) is 31.5 Å². The van der Waals surface area contributed by atoms with E-state index in [0.717, 1.165) is 17.7 Å². The average Bonchev–Trinajstić information content (AvgIpc) is 3.11. The lowest BCUT2D eigenvalue weighted by molar-refractivity contribution is -0.119. The number of thioether (sulfide) groups is 1. The number of H-pyrrole nitrogens is 1. The highest BCUT2D eigenvalue weighted by Crippen LogP contribution is 2.24. The van der Waals surface area contributed by atoms with Crippen LogP contribution in [0.4, 0.5) is 0 Å². The number of hydrogen-bond acceptors (Lipinski definition) is 5. The van der Waals surface area contributed by atoms with Gasteiger partial charge in [0.1, 0.15) is 5.75 Å². The Morgan fingerprint density at radius 3 is 2.80 bits per heavy atom. The molecule has 1 saturated carbocycles. The Kier molecular flexibility index (Phi) is 5.96. The van der Waals surface area contributed by atoms with Crippen molar-refractivity contribution in [1.29, 1.82) is 0 Å². The summed E-state index contributed by atoms with van der Waals surface area (Å²) in [7, 11) is 1.64. The molecule has 1 fully saturated rings. The smallest absolute Gasteiger partial charge is 0.230 e. The van der Waals surface area contributed by atoms with Crippen LogP contribution in [-0.2, 0) is 4.79 Å². The van der Waals surface area contributed by atoms with Gasteiger partial charge in [0.25, 0.3) is 0 Å². The lowest BCUT2D eigenvalue weighted by Gasteiger charge is -2.29. The SMILES string of the molecule is COc1ccc(-c2nc(SCC(=O)NC3CCCCC3C)n[nH]2)cc1. The van der Waals surface area contributed by atoms with Gasteiger partial charge in [-0.2, -0.15) is 0 Å². The number of rotatable bonds is 6. The Hall–Kier alpha value is -2.02. The standard InChI is InChI=1S/C18H24N4O2S/c1-12-5-3-4-6-15(12)19-16(23)11-25-18-20-17(21-22-18)13-7-9-14(24-2)10-8-13/h7-10,12,15H,3-6,11H2,1-2H3,(H,19,23)(H,20,21,22). The van der Waals surface area contributed by atoms with Crippen molar-refractivity contribution in [3.05, 3.63) is 24.3 Å². The van der Waals surface area contributed by atoms with E-state index in [9.17, 15) is 4.79 Å². The molecular weight excluding hydrogens is 336 g/mol. The third-order valence-corrected chi connectivity index (χ3v) is 5.47. The van der Waals surface area contributed by atoms with Gasteiger partial charge in [0, 0.05) is 11.6 Å². The van der Waals surface area contributed by atoms with Crippen molar-refractivity contribution in [3.63, 3.8) is 0 Å². The lowest BCUT2D eigenvalue weighted by Crippen LogP contribution is -2.41. The molecular formula is C18H24N4O2S. The van der Waals surface area contributed by atoms with Crippen LogP contribution in [0.3, 0.4) is 0 Å². The van der Waals surface area contributed by atoms with E-state index in [0.29, 0.717) is 28.7 Å². The molecule has 1 aromatic carbocycles. The predicted octanol–water partition coefficient (Wildman–Crippen LogP) is 3.27. The van der Waals surface area contributed by atoms with E-state index in [1.807, 2.05) is 24.3 Å². The van der Waals surface area contributed by atoms with Crippen LogP contribution in [0.15, 0.2) is 29.4 Å². The predicted molar refractivity (Wildman–Crippen MR) is 98.7 cm³/mol. The molecule has 2 unspecified atom stereocenters. The number of methoxy groups -OCH3 is 1. The van der Waals surface area contributed by atoms with Gasteiger partial charge < -0.3 is 10.1 Å². The summed E-state index contributed by atoms with van der Waals surface area (Å²) >= 11 is 1.35. The van der Waals surface area contributed by atoms with Crippen LogP contribution < -0.4 is 10.1 Å². The Bertz CT molecular complexity index is 701. The van der Waals surface area contributed by atoms with Gasteiger partial charge in [-0.3, -0.25) is 9.89 Å². The maximum absolute atomic E-state index is 12.2. The van der Waals surface area contributed by atoms with E-state index < -0.39 is 0 Å². The molecule has 1 aliphatic carbocycles. The quantitative estimate of drug-likeness (QED) is 0.773. The van der Waals surface area contributed by atoms with Gasteiger partial charge in [0.2, 0.25) is 11.1 Å². The summed E-state index contributed by atoms with van der Waals surface area (Å²) in [6, 6.07) is 7.91. The first-order valence-corrected chi connectivity index (χ1v) is 9.63. The van der Waals surface area contributed by atoms with Crippen LogP contribution in [0.1, 0.15) is 32.6 Å². The minimum atomic E-state index is 0.0551. The summed E-state index contributed by atoms with van der Waals surface area (Å²) in [5.74, 6) is 2.44. The highest BCUT2D eigenvalue weighted by molar-refractivity contribution is 7.99. The molecule has 7 heteroatoms. The first-order valence-electron chi connectivity index (χ1n) is 8.64. The number of nitrogens with one attached hydrogen (secondary N) is 2. The zero-order valence-corrected chi connectivity index (χ0v) is 15.4. The van der Waals surface area contributed by atoms with Crippen molar-refractivity contribution in [3.8, 4) is 17.1 Å².